The van der Waals surface area contributed by atoms with Gasteiger partial charge in [-0.15, -0.1) is 0 Å². The lowest BCUT2D eigenvalue weighted by atomic mass is 10.1. The Morgan fingerprint density at radius 3 is 2.28 bits per heavy atom. The molecular weight excluding hydrogens is 374 g/mol. The van der Waals surface area contributed by atoms with Crippen molar-refractivity contribution < 1.29 is 28.5 Å². The molecule has 0 aliphatic heterocycles. The highest BCUT2D eigenvalue weighted by atomic mass is 16.5. The Kier molecular flexibility index (Phi) is 7.88. The number of methoxy groups -OCH3 is 2. The van der Waals surface area contributed by atoms with Crippen molar-refractivity contribution in [1.29, 1.82) is 0 Å². The summed E-state index contributed by atoms with van der Waals surface area (Å²) in [5.41, 5.74) is 1.10. The molecule has 0 aromatic heterocycles. The van der Waals surface area contributed by atoms with Crippen LogP contribution in [0.5, 0.6) is 17.2 Å². The van der Waals surface area contributed by atoms with Gasteiger partial charge in [-0.3, -0.25) is 4.79 Å². The standard InChI is InChI=1S/C22H27NO6/c1-14(2)29-19-11-10-16(12-20(19)27-5)22(25)28-13-21(24)23-15(3)17-8-6-7-9-18(17)26-4/h6-12,14-15H,13H2,1-5H3,(H,23,24). The molecule has 2 aromatic rings. The summed E-state index contributed by atoms with van der Waals surface area (Å²) in [5.74, 6) is 0.584. The number of rotatable bonds is 9. The zero-order chi connectivity index (χ0) is 21.4. The van der Waals surface area contributed by atoms with E-state index in [1.165, 1.54) is 13.2 Å². The molecule has 0 heterocycles. The molecule has 29 heavy (non-hydrogen) atoms. The molecule has 1 N–H and O–H groups in total. The zero-order valence-electron chi connectivity index (χ0n) is 17.4. The van der Waals surface area contributed by atoms with E-state index in [0.717, 1.165) is 5.56 Å². The van der Waals surface area contributed by atoms with E-state index in [2.05, 4.69) is 5.32 Å². The van der Waals surface area contributed by atoms with E-state index in [9.17, 15) is 9.59 Å². The minimum atomic E-state index is -0.625. The maximum absolute atomic E-state index is 12.3. The van der Waals surface area contributed by atoms with Crippen LogP contribution in [0.1, 0.15) is 42.7 Å². The van der Waals surface area contributed by atoms with Gasteiger partial charge in [-0.25, -0.2) is 4.79 Å². The fourth-order valence-corrected chi connectivity index (χ4v) is 2.75. The summed E-state index contributed by atoms with van der Waals surface area (Å²) in [6.07, 6.45) is -0.0318. The molecule has 2 aromatic carbocycles. The number of esters is 1. The SMILES string of the molecule is COc1cc(C(=O)OCC(=O)NC(C)c2ccccc2OC)ccc1OC(C)C. The number of carbonyl (C=O) groups excluding carboxylic acids is 2. The first-order chi connectivity index (χ1) is 13.8. The number of amides is 1. The van der Waals surface area contributed by atoms with Crippen molar-refractivity contribution in [1.82, 2.24) is 5.32 Å². The molecule has 7 nitrogen and oxygen atoms in total. The van der Waals surface area contributed by atoms with E-state index in [1.807, 2.05) is 45.0 Å². The van der Waals surface area contributed by atoms with Gasteiger partial charge in [0.05, 0.1) is 31.9 Å². The predicted molar refractivity (Wildman–Crippen MR) is 109 cm³/mol. The number of carbonyl (C=O) groups is 2. The summed E-state index contributed by atoms with van der Waals surface area (Å²) in [6, 6.07) is 11.8. The van der Waals surface area contributed by atoms with Crippen LogP contribution in [0.15, 0.2) is 42.5 Å². The highest BCUT2D eigenvalue weighted by molar-refractivity contribution is 5.92. The van der Waals surface area contributed by atoms with Crippen molar-refractivity contribution in [2.45, 2.75) is 32.9 Å². The number of benzene rings is 2. The lowest BCUT2D eigenvalue weighted by molar-refractivity contribution is -0.124. The summed E-state index contributed by atoms with van der Waals surface area (Å²) in [5, 5.41) is 2.79. The average molecular weight is 401 g/mol. The van der Waals surface area contributed by atoms with Crippen LogP contribution >= 0.6 is 0 Å². The second-order valence-corrected chi connectivity index (χ2v) is 6.64. The molecule has 1 atom stereocenters. The van der Waals surface area contributed by atoms with Crippen molar-refractivity contribution >= 4 is 11.9 Å². The van der Waals surface area contributed by atoms with Gasteiger partial charge >= 0.3 is 5.97 Å². The smallest absolute Gasteiger partial charge is 0.338 e. The Bertz CT molecular complexity index is 849. The number of hydrogen-bond acceptors (Lipinski definition) is 6. The van der Waals surface area contributed by atoms with Crippen LogP contribution in [0.3, 0.4) is 0 Å². The molecule has 1 amide bonds. The molecule has 0 aliphatic carbocycles. The van der Waals surface area contributed by atoms with Gasteiger partial charge in [-0.2, -0.15) is 0 Å². The monoisotopic (exact) mass is 401 g/mol. The Morgan fingerprint density at radius 2 is 1.62 bits per heavy atom. The maximum Gasteiger partial charge on any atom is 0.338 e. The van der Waals surface area contributed by atoms with Crippen LogP contribution in [0.25, 0.3) is 0 Å². The summed E-state index contributed by atoms with van der Waals surface area (Å²) < 4.78 is 21.3. The number of para-hydroxylation sites is 1. The topological polar surface area (TPSA) is 83.1 Å². The summed E-state index contributed by atoms with van der Waals surface area (Å²) in [7, 11) is 3.06. The predicted octanol–water partition coefficient (Wildman–Crippen LogP) is 3.53. The molecular formula is C22H27NO6. The van der Waals surface area contributed by atoms with Crippen LogP contribution in [0, 0.1) is 0 Å². The first-order valence-corrected chi connectivity index (χ1v) is 9.29. The van der Waals surface area contributed by atoms with Crippen molar-refractivity contribution in [3.8, 4) is 17.2 Å². The molecule has 0 spiro atoms. The second-order valence-electron chi connectivity index (χ2n) is 6.64. The third-order valence-electron chi connectivity index (χ3n) is 4.08. The van der Waals surface area contributed by atoms with E-state index in [4.69, 9.17) is 18.9 Å². The van der Waals surface area contributed by atoms with Gasteiger partial charge in [0, 0.05) is 5.56 Å². The molecule has 2 rings (SSSR count). The molecule has 0 fully saturated rings. The van der Waals surface area contributed by atoms with Gasteiger partial charge in [0.25, 0.3) is 5.91 Å². The van der Waals surface area contributed by atoms with Crippen molar-refractivity contribution in [2.75, 3.05) is 20.8 Å². The third-order valence-corrected chi connectivity index (χ3v) is 4.08. The summed E-state index contributed by atoms with van der Waals surface area (Å²) >= 11 is 0. The van der Waals surface area contributed by atoms with E-state index >= 15 is 0 Å². The average Bonchev–Trinajstić information content (AvgIpc) is 2.71. The third kappa shape index (κ3) is 6.14. The van der Waals surface area contributed by atoms with Crippen molar-refractivity contribution in [2.24, 2.45) is 0 Å². The fourth-order valence-electron chi connectivity index (χ4n) is 2.75. The van der Waals surface area contributed by atoms with Gasteiger partial charge in [0.2, 0.25) is 0 Å². The molecule has 0 bridgehead atoms. The number of nitrogens with one attached hydrogen (secondary N) is 1. The molecule has 0 saturated carbocycles. The lowest BCUT2D eigenvalue weighted by Crippen LogP contribution is -2.31. The lowest BCUT2D eigenvalue weighted by Gasteiger charge is -2.17. The largest absolute Gasteiger partial charge is 0.496 e. The normalized spacial score (nSPS) is 11.5. The highest BCUT2D eigenvalue weighted by Gasteiger charge is 2.17. The van der Waals surface area contributed by atoms with Gasteiger partial charge in [0.15, 0.2) is 18.1 Å². The molecule has 1 unspecified atom stereocenters. The molecule has 7 heteroatoms. The van der Waals surface area contributed by atoms with Gasteiger partial charge in [0.1, 0.15) is 5.75 Å². The first kappa shape index (κ1) is 22.1. The molecule has 156 valence electrons. The minimum Gasteiger partial charge on any atom is -0.496 e. The van der Waals surface area contributed by atoms with Gasteiger partial charge in [-0.05, 0) is 45.0 Å². The number of ether oxygens (including phenoxy) is 4. The van der Waals surface area contributed by atoms with Crippen molar-refractivity contribution in [3.63, 3.8) is 0 Å². The Labute approximate surface area is 170 Å². The van der Waals surface area contributed by atoms with Crippen molar-refractivity contribution in [3.05, 3.63) is 53.6 Å². The number of hydrogen-bond donors (Lipinski definition) is 1. The Morgan fingerprint density at radius 1 is 0.931 bits per heavy atom. The van der Waals surface area contributed by atoms with E-state index in [-0.39, 0.29) is 17.7 Å². The van der Waals surface area contributed by atoms with Crippen LogP contribution in [-0.2, 0) is 9.53 Å². The zero-order valence-corrected chi connectivity index (χ0v) is 17.4. The Hall–Kier alpha value is -3.22. The van der Waals surface area contributed by atoms with Crippen LogP contribution in [-0.4, -0.2) is 38.8 Å². The summed E-state index contributed by atoms with van der Waals surface area (Å²) in [6.45, 7) is 5.22. The first-order valence-electron chi connectivity index (χ1n) is 9.29. The van der Waals surface area contributed by atoms with Crippen LogP contribution in [0.2, 0.25) is 0 Å². The second kappa shape index (κ2) is 10.4. The summed E-state index contributed by atoms with van der Waals surface area (Å²) in [4.78, 5) is 24.5. The van der Waals surface area contributed by atoms with E-state index < -0.39 is 18.5 Å². The van der Waals surface area contributed by atoms with Gasteiger partial charge in [-0.1, -0.05) is 18.2 Å². The van der Waals surface area contributed by atoms with Crippen LogP contribution < -0.4 is 19.5 Å². The Balaban J connectivity index is 1.95. The molecule has 0 radical (unpaired) electrons. The van der Waals surface area contributed by atoms with Crippen LogP contribution in [0.4, 0.5) is 0 Å². The molecule has 0 aliphatic rings. The van der Waals surface area contributed by atoms with E-state index in [1.54, 1.807) is 19.2 Å². The highest BCUT2D eigenvalue weighted by Crippen LogP contribution is 2.29. The minimum absolute atomic E-state index is 0.0318. The molecule has 0 saturated heterocycles. The fraction of sp³-hybridized carbons (Fsp3) is 0.364. The van der Waals surface area contributed by atoms with E-state index in [0.29, 0.717) is 17.2 Å². The van der Waals surface area contributed by atoms with Gasteiger partial charge < -0.3 is 24.3 Å². The quantitative estimate of drug-likeness (QED) is 0.648. The maximum atomic E-state index is 12.3.